The van der Waals surface area contributed by atoms with Gasteiger partial charge in [0, 0.05) is 10.7 Å². The molecule has 0 unspecified atom stereocenters. The van der Waals surface area contributed by atoms with Gasteiger partial charge in [0.25, 0.3) is 5.91 Å². The van der Waals surface area contributed by atoms with Gasteiger partial charge in [0.1, 0.15) is 4.83 Å². The normalized spacial score (nSPS) is 25.3. The summed E-state index contributed by atoms with van der Waals surface area (Å²) in [6.07, 6.45) is 0. The molecule has 0 aromatic heterocycles. The lowest BCUT2D eigenvalue weighted by molar-refractivity contribution is -0.149. The molecule has 21 heavy (non-hydrogen) atoms. The smallest absolute Gasteiger partial charge is 0.333 e. The number of nitrogens with zero attached hydrogens (tertiary/aromatic N) is 1. The summed E-state index contributed by atoms with van der Waals surface area (Å²) < 4.78 is 5.03. The Hall–Kier alpha value is -1.40. The van der Waals surface area contributed by atoms with Crippen molar-refractivity contribution in [3.8, 4) is 0 Å². The number of ketones is 1. The number of esters is 1. The Labute approximate surface area is 135 Å². The molecule has 0 radical (unpaired) electrons. The van der Waals surface area contributed by atoms with Gasteiger partial charge in [-0.25, -0.2) is 4.79 Å². The summed E-state index contributed by atoms with van der Waals surface area (Å²) in [6, 6.07) is 6.33. The molecule has 5 nitrogen and oxygen atoms in total. The summed E-state index contributed by atoms with van der Waals surface area (Å²) in [5.41, 5.74) is -1.02. The van der Waals surface area contributed by atoms with Crippen molar-refractivity contribution in [1.82, 2.24) is 0 Å². The molecule has 0 saturated carbocycles. The maximum absolute atomic E-state index is 12.3. The van der Waals surface area contributed by atoms with Gasteiger partial charge in [-0.2, -0.15) is 0 Å². The van der Waals surface area contributed by atoms with E-state index in [1.807, 2.05) is 0 Å². The second-order valence-corrected chi connectivity index (χ2v) is 6.06. The molecule has 0 bridgehead atoms. The van der Waals surface area contributed by atoms with Gasteiger partial charge in [-0.3, -0.25) is 14.5 Å². The Morgan fingerprint density at radius 2 is 1.95 bits per heavy atom. The molecule has 1 heterocycles. The Balaban J connectivity index is 2.53. The maximum atomic E-state index is 12.3. The van der Waals surface area contributed by atoms with Crippen LogP contribution in [-0.4, -0.2) is 34.6 Å². The first kappa shape index (κ1) is 16.0. The van der Waals surface area contributed by atoms with Crippen LogP contribution in [0.4, 0.5) is 5.69 Å². The quantitative estimate of drug-likeness (QED) is 0.463. The lowest BCUT2D eigenvalue weighted by Gasteiger charge is -2.33. The molecule has 0 spiro atoms. The number of hydrogen-bond donors (Lipinski definition) is 0. The van der Waals surface area contributed by atoms with Gasteiger partial charge < -0.3 is 4.74 Å². The highest BCUT2D eigenvalue weighted by molar-refractivity contribution is 9.10. The molecule has 7 heteroatoms. The molecule has 0 N–H and O–H groups in total. The molecule has 0 aliphatic carbocycles. The average Bonchev–Trinajstić information content (AvgIpc) is 2.63. The largest absolute Gasteiger partial charge is 0.464 e. The van der Waals surface area contributed by atoms with E-state index in [9.17, 15) is 14.4 Å². The zero-order chi connectivity index (χ0) is 15.8. The number of carbonyl (C=O) groups excluding carboxylic acids is 3. The average molecular weight is 375 g/mol. The topological polar surface area (TPSA) is 63.7 Å². The predicted molar refractivity (Wildman–Crippen MR) is 81.7 cm³/mol. The molecule has 1 fully saturated rings. The minimum absolute atomic E-state index is 0.158. The summed E-state index contributed by atoms with van der Waals surface area (Å²) in [5, 5.41) is 0.491. The van der Waals surface area contributed by atoms with Crippen LogP contribution in [-0.2, 0) is 19.1 Å². The van der Waals surface area contributed by atoms with Gasteiger partial charge in [0.15, 0.2) is 5.54 Å². The number of carbonyl (C=O) groups is 3. The SMILES string of the molecule is CCOC(=O)[C@@]1(C)[C@@H](Br)C(=O)C(=O)N1c1ccc(Cl)cc1. The van der Waals surface area contributed by atoms with Crippen molar-refractivity contribution in [2.75, 3.05) is 11.5 Å². The molecular weight excluding hydrogens is 362 g/mol. The summed E-state index contributed by atoms with van der Waals surface area (Å²) in [4.78, 5) is 36.7. The first-order valence-electron chi connectivity index (χ1n) is 6.29. The fourth-order valence-corrected chi connectivity index (χ4v) is 2.96. The second kappa shape index (κ2) is 5.77. The van der Waals surface area contributed by atoms with Crippen LogP contribution in [0, 0.1) is 0 Å². The van der Waals surface area contributed by atoms with E-state index in [2.05, 4.69) is 15.9 Å². The molecule has 112 valence electrons. The van der Waals surface area contributed by atoms with Gasteiger partial charge in [-0.15, -0.1) is 0 Å². The number of benzene rings is 1. The second-order valence-electron chi connectivity index (χ2n) is 4.71. The van der Waals surface area contributed by atoms with Crippen LogP contribution < -0.4 is 4.90 Å². The molecule has 1 aromatic rings. The van der Waals surface area contributed by atoms with Crippen molar-refractivity contribution in [3.63, 3.8) is 0 Å². The van der Waals surface area contributed by atoms with Gasteiger partial charge >= 0.3 is 5.97 Å². The van der Waals surface area contributed by atoms with Crippen molar-refractivity contribution in [2.24, 2.45) is 0 Å². The van der Waals surface area contributed by atoms with Crippen LogP contribution in [0.2, 0.25) is 5.02 Å². The fraction of sp³-hybridized carbons (Fsp3) is 0.357. The molecule has 1 aliphatic rings. The Morgan fingerprint density at radius 3 is 2.48 bits per heavy atom. The zero-order valence-electron chi connectivity index (χ0n) is 11.4. The molecule has 1 amide bonds. The molecule has 1 saturated heterocycles. The molecular formula is C14H13BrClNO4. The molecule has 2 rings (SSSR count). The Kier molecular flexibility index (Phi) is 4.39. The molecule has 2 atom stereocenters. The summed E-state index contributed by atoms with van der Waals surface area (Å²) in [7, 11) is 0. The van der Waals surface area contributed by atoms with Gasteiger partial charge in [0.2, 0.25) is 5.78 Å². The number of Topliss-reactive ketones (excluding diaryl/α,β-unsaturated/α-hetero) is 1. The zero-order valence-corrected chi connectivity index (χ0v) is 13.8. The first-order chi connectivity index (χ1) is 9.83. The number of alkyl halides is 1. The molecule has 1 aromatic carbocycles. The highest BCUT2D eigenvalue weighted by Crippen LogP contribution is 2.38. The van der Waals surface area contributed by atoms with E-state index in [0.717, 1.165) is 4.90 Å². The third-order valence-electron chi connectivity index (χ3n) is 3.38. The lowest BCUT2D eigenvalue weighted by Crippen LogP contribution is -2.55. The highest BCUT2D eigenvalue weighted by atomic mass is 79.9. The van der Waals surface area contributed by atoms with Gasteiger partial charge in [0.05, 0.1) is 6.61 Å². The van der Waals surface area contributed by atoms with Crippen LogP contribution in [0.15, 0.2) is 24.3 Å². The minimum atomic E-state index is -1.43. The van der Waals surface area contributed by atoms with Crippen LogP contribution in [0.1, 0.15) is 13.8 Å². The number of ether oxygens (including phenoxy) is 1. The Bertz CT molecular complexity index is 603. The summed E-state index contributed by atoms with van der Waals surface area (Å²) in [5.74, 6) is -2.07. The third-order valence-corrected chi connectivity index (χ3v) is 4.93. The minimum Gasteiger partial charge on any atom is -0.464 e. The standard InChI is InChI=1S/C14H13BrClNO4/c1-3-21-13(20)14(2)11(15)10(18)12(19)17(14)9-6-4-8(16)5-7-9/h4-7,11H,3H2,1-2H3/t11-,14+/m0/s1. The summed E-state index contributed by atoms with van der Waals surface area (Å²) >= 11 is 8.97. The molecule has 1 aliphatic heterocycles. The fourth-order valence-electron chi connectivity index (χ4n) is 2.25. The summed E-state index contributed by atoms with van der Waals surface area (Å²) in [6.45, 7) is 3.32. The van der Waals surface area contributed by atoms with Crippen LogP contribution in [0.3, 0.4) is 0 Å². The number of hydrogen-bond acceptors (Lipinski definition) is 4. The number of anilines is 1. The van der Waals surface area contributed by atoms with E-state index in [-0.39, 0.29) is 6.61 Å². The monoisotopic (exact) mass is 373 g/mol. The Morgan fingerprint density at radius 1 is 1.38 bits per heavy atom. The van der Waals surface area contributed by atoms with Crippen molar-refractivity contribution >= 4 is 50.9 Å². The number of rotatable bonds is 3. The number of halogens is 2. The van der Waals surface area contributed by atoms with E-state index in [0.29, 0.717) is 10.7 Å². The van der Waals surface area contributed by atoms with Crippen molar-refractivity contribution in [3.05, 3.63) is 29.3 Å². The lowest BCUT2D eigenvalue weighted by atomic mass is 9.98. The highest BCUT2D eigenvalue weighted by Gasteiger charge is 2.60. The van der Waals surface area contributed by atoms with Crippen LogP contribution in [0.25, 0.3) is 0 Å². The van der Waals surface area contributed by atoms with E-state index in [1.54, 1.807) is 31.2 Å². The first-order valence-corrected chi connectivity index (χ1v) is 7.58. The van der Waals surface area contributed by atoms with E-state index in [1.165, 1.54) is 6.92 Å². The van der Waals surface area contributed by atoms with E-state index in [4.69, 9.17) is 16.3 Å². The van der Waals surface area contributed by atoms with Crippen LogP contribution >= 0.6 is 27.5 Å². The third kappa shape index (κ3) is 2.46. The van der Waals surface area contributed by atoms with Crippen molar-refractivity contribution in [1.29, 1.82) is 0 Å². The van der Waals surface area contributed by atoms with E-state index < -0.39 is 28.0 Å². The van der Waals surface area contributed by atoms with Crippen molar-refractivity contribution < 1.29 is 19.1 Å². The van der Waals surface area contributed by atoms with Gasteiger partial charge in [-0.1, -0.05) is 27.5 Å². The van der Waals surface area contributed by atoms with Gasteiger partial charge in [-0.05, 0) is 38.1 Å². The van der Waals surface area contributed by atoms with Crippen molar-refractivity contribution in [2.45, 2.75) is 24.2 Å². The predicted octanol–water partition coefficient (Wildman–Crippen LogP) is 2.34. The number of amides is 1. The van der Waals surface area contributed by atoms with E-state index >= 15 is 0 Å². The maximum Gasteiger partial charge on any atom is 0.333 e. The van der Waals surface area contributed by atoms with Crippen LogP contribution in [0.5, 0.6) is 0 Å².